The van der Waals surface area contributed by atoms with Gasteiger partial charge < -0.3 is 0 Å². The zero-order chi connectivity index (χ0) is 17.3. The summed E-state index contributed by atoms with van der Waals surface area (Å²) in [5.74, 6) is 0. The van der Waals surface area contributed by atoms with Crippen LogP contribution in [0.25, 0.3) is 22.2 Å². The third kappa shape index (κ3) is 2.70. The second-order valence-electron chi connectivity index (χ2n) is 7.06. The molecule has 0 radical (unpaired) electrons. The van der Waals surface area contributed by atoms with Gasteiger partial charge in [-0.25, -0.2) is 4.98 Å². The molecule has 0 unspecified atom stereocenters. The fourth-order valence-electron chi connectivity index (χ4n) is 4.10. The summed E-state index contributed by atoms with van der Waals surface area (Å²) in [7, 11) is 0. The van der Waals surface area contributed by atoms with Crippen LogP contribution in [0.5, 0.6) is 0 Å². The Labute approximate surface area is 147 Å². The zero-order valence-electron chi connectivity index (χ0n) is 14.5. The minimum atomic E-state index is -0.318. The summed E-state index contributed by atoms with van der Waals surface area (Å²) in [5.41, 5.74) is 5.27. The van der Waals surface area contributed by atoms with Gasteiger partial charge in [-0.2, -0.15) is 10.4 Å². The Kier molecular flexibility index (Phi) is 4.01. The maximum absolute atomic E-state index is 9.92. The predicted octanol–water partition coefficient (Wildman–Crippen LogP) is 4.91. The van der Waals surface area contributed by atoms with Crippen molar-refractivity contribution < 1.29 is 0 Å². The molecule has 0 amide bonds. The molecule has 25 heavy (non-hydrogen) atoms. The minimum Gasteiger partial charge on any atom is -0.261 e. The SMILES string of the molecule is CCCc1cc(-c2ccnc3[nH]ncc23)cc(C2(C#N)CCCC2)c1. The molecule has 0 saturated heterocycles. The number of nitrogens with zero attached hydrogens (tertiary/aromatic N) is 3. The van der Waals surface area contributed by atoms with Crippen LogP contribution in [-0.4, -0.2) is 15.2 Å². The standard InChI is InChI=1S/C21H22N4/c1-2-5-15-10-16(18-6-9-23-20-19(18)13-24-25-20)12-17(11-15)21(14-22)7-3-4-8-21/h6,9-13H,2-5,7-8H2,1H3,(H,23,24,25). The van der Waals surface area contributed by atoms with Crippen molar-refractivity contribution >= 4 is 11.0 Å². The predicted molar refractivity (Wildman–Crippen MR) is 99.1 cm³/mol. The van der Waals surface area contributed by atoms with Gasteiger partial charge in [-0.3, -0.25) is 5.10 Å². The molecule has 1 aliphatic rings. The first-order chi connectivity index (χ1) is 12.3. The summed E-state index contributed by atoms with van der Waals surface area (Å²) >= 11 is 0. The highest BCUT2D eigenvalue weighted by molar-refractivity contribution is 5.92. The molecular formula is C21H22N4. The van der Waals surface area contributed by atoms with Crippen molar-refractivity contribution in [2.45, 2.75) is 50.9 Å². The number of rotatable bonds is 4. The monoisotopic (exact) mass is 330 g/mol. The van der Waals surface area contributed by atoms with Crippen molar-refractivity contribution in [3.8, 4) is 17.2 Å². The van der Waals surface area contributed by atoms with E-state index in [-0.39, 0.29) is 5.41 Å². The molecule has 1 fully saturated rings. The van der Waals surface area contributed by atoms with Crippen LogP contribution >= 0.6 is 0 Å². The molecule has 2 heterocycles. The molecule has 4 rings (SSSR count). The fourth-order valence-corrected chi connectivity index (χ4v) is 4.10. The van der Waals surface area contributed by atoms with Crippen molar-refractivity contribution in [1.29, 1.82) is 5.26 Å². The molecule has 4 heteroatoms. The lowest BCUT2D eigenvalue weighted by Gasteiger charge is -2.23. The molecule has 1 N–H and O–H groups in total. The summed E-state index contributed by atoms with van der Waals surface area (Å²) in [6.45, 7) is 2.20. The first-order valence-electron chi connectivity index (χ1n) is 9.10. The van der Waals surface area contributed by atoms with Gasteiger partial charge in [0.15, 0.2) is 5.65 Å². The van der Waals surface area contributed by atoms with Crippen molar-refractivity contribution in [2.24, 2.45) is 0 Å². The van der Waals surface area contributed by atoms with Gasteiger partial charge in [-0.15, -0.1) is 0 Å². The van der Waals surface area contributed by atoms with E-state index in [1.165, 1.54) is 11.1 Å². The number of aryl methyl sites for hydroxylation is 1. The number of nitrogens with one attached hydrogen (secondary N) is 1. The average molecular weight is 330 g/mol. The van der Waals surface area contributed by atoms with E-state index in [2.05, 4.69) is 46.4 Å². The third-order valence-corrected chi connectivity index (χ3v) is 5.42. The highest BCUT2D eigenvalue weighted by Gasteiger charge is 2.36. The topological polar surface area (TPSA) is 65.4 Å². The number of benzene rings is 1. The van der Waals surface area contributed by atoms with Crippen molar-refractivity contribution in [2.75, 3.05) is 0 Å². The van der Waals surface area contributed by atoms with Crippen LogP contribution in [0.2, 0.25) is 0 Å². The van der Waals surface area contributed by atoms with Crippen molar-refractivity contribution in [3.63, 3.8) is 0 Å². The molecule has 0 aliphatic heterocycles. The number of aromatic nitrogens is 3. The van der Waals surface area contributed by atoms with Gasteiger partial charge in [0.05, 0.1) is 17.7 Å². The lowest BCUT2D eigenvalue weighted by Crippen LogP contribution is -2.19. The largest absolute Gasteiger partial charge is 0.261 e. The lowest BCUT2D eigenvalue weighted by atomic mass is 9.78. The van der Waals surface area contributed by atoms with Gasteiger partial charge in [0.1, 0.15) is 0 Å². The van der Waals surface area contributed by atoms with E-state index in [1.807, 2.05) is 18.5 Å². The third-order valence-electron chi connectivity index (χ3n) is 5.42. The van der Waals surface area contributed by atoms with Gasteiger partial charge in [-0.1, -0.05) is 38.3 Å². The van der Waals surface area contributed by atoms with Crippen molar-refractivity contribution in [3.05, 3.63) is 47.8 Å². The Balaban J connectivity index is 1.91. The van der Waals surface area contributed by atoms with Gasteiger partial charge in [0.2, 0.25) is 0 Å². The Hall–Kier alpha value is -2.67. The average Bonchev–Trinajstić information content (AvgIpc) is 3.31. The number of nitriles is 1. The Morgan fingerprint density at radius 1 is 1.24 bits per heavy atom. The Bertz CT molecular complexity index is 942. The molecule has 0 atom stereocenters. The number of hydrogen-bond acceptors (Lipinski definition) is 3. The first kappa shape index (κ1) is 15.8. The van der Waals surface area contributed by atoms with Crippen molar-refractivity contribution in [1.82, 2.24) is 15.2 Å². The zero-order valence-corrected chi connectivity index (χ0v) is 14.5. The van der Waals surface area contributed by atoms with E-state index in [9.17, 15) is 5.26 Å². The molecular weight excluding hydrogens is 308 g/mol. The second-order valence-corrected chi connectivity index (χ2v) is 7.06. The summed E-state index contributed by atoms with van der Waals surface area (Å²) in [6, 6.07) is 11.4. The van der Waals surface area contributed by atoms with E-state index >= 15 is 0 Å². The smallest absolute Gasteiger partial charge is 0.155 e. The van der Waals surface area contributed by atoms with Crippen LogP contribution < -0.4 is 0 Å². The Morgan fingerprint density at radius 3 is 2.84 bits per heavy atom. The van der Waals surface area contributed by atoms with E-state index in [1.54, 1.807) is 0 Å². The molecule has 0 bridgehead atoms. The minimum absolute atomic E-state index is 0.318. The van der Waals surface area contributed by atoms with E-state index in [0.29, 0.717) is 0 Å². The number of H-pyrrole nitrogens is 1. The molecule has 1 saturated carbocycles. The highest BCUT2D eigenvalue weighted by atomic mass is 15.1. The summed E-state index contributed by atoms with van der Waals surface area (Å²) < 4.78 is 0. The number of pyridine rings is 1. The molecule has 0 spiro atoms. The van der Waals surface area contributed by atoms with E-state index in [4.69, 9.17) is 0 Å². The van der Waals surface area contributed by atoms with Crippen LogP contribution in [0.3, 0.4) is 0 Å². The van der Waals surface area contributed by atoms with Crippen LogP contribution in [0.4, 0.5) is 0 Å². The molecule has 3 aromatic rings. The maximum atomic E-state index is 9.92. The fraction of sp³-hybridized carbons (Fsp3) is 0.381. The molecule has 1 aromatic carbocycles. The van der Waals surface area contributed by atoms with E-state index < -0.39 is 0 Å². The summed E-state index contributed by atoms with van der Waals surface area (Å²) in [5, 5.41) is 18.0. The van der Waals surface area contributed by atoms with Gasteiger partial charge in [0, 0.05) is 11.6 Å². The van der Waals surface area contributed by atoms with E-state index in [0.717, 1.165) is 60.7 Å². The van der Waals surface area contributed by atoms with Crippen LogP contribution in [0, 0.1) is 11.3 Å². The van der Waals surface area contributed by atoms with Crippen LogP contribution in [0.1, 0.15) is 50.2 Å². The normalized spacial score (nSPS) is 16.2. The maximum Gasteiger partial charge on any atom is 0.155 e. The number of fused-ring (bicyclic) bond motifs is 1. The molecule has 126 valence electrons. The van der Waals surface area contributed by atoms with Gasteiger partial charge >= 0.3 is 0 Å². The highest BCUT2D eigenvalue weighted by Crippen LogP contribution is 2.42. The second kappa shape index (κ2) is 6.33. The quantitative estimate of drug-likeness (QED) is 0.739. The first-order valence-corrected chi connectivity index (χ1v) is 9.10. The van der Waals surface area contributed by atoms with Crippen LogP contribution in [-0.2, 0) is 11.8 Å². The summed E-state index contributed by atoms with van der Waals surface area (Å²) in [6.07, 6.45) is 10.00. The molecule has 1 aliphatic carbocycles. The van der Waals surface area contributed by atoms with Gasteiger partial charge in [0.25, 0.3) is 0 Å². The molecule has 2 aromatic heterocycles. The number of aromatic amines is 1. The van der Waals surface area contributed by atoms with Crippen LogP contribution in [0.15, 0.2) is 36.7 Å². The summed E-state index contributed by atoms with van der Waals surface area (Å²) in [4.78, 5) is 4.35. The Morgan fingerprint density at radius 2 is 2.08 bits per heavy atom. The lowest BCUT2D eigenvalue weighted by molar-refractivity contribution is 0.572. The molecule has 4 nitrogen and oxygen atoms in total. The van der Waals surface area contributed by atoms with Gasteiger partial charge in [-0.05, 0) is 53.6 Å². The number of hydrogen-bond donors (Lipinski definition) is 1.